The lowest BCUT2D eigenvalue weighted by molar-refractivity contribution is -0.115. The molecule has 0 saturated carbocycles. The van der Waals surface area contributed by atoms with E-state index in [4.69, 9.17) is 5.73 Å². The van der Waals surface area contributed by atoms with Gasteiger partial charge < -0.3 is 11.1 Å². The molecule has 2 heterocycles. The van der Waals surface area contributed by atoms with Crippen LogP contribution in [0.2, 0.25) is 0 Å². The number of carbonyl (C=O) groups is 1. The van der Waals surface area contributed by atoms with Gasteiger partial charge >= 0.3 is 0 Å². The zero-order chi connectivity index (χ0) is 26.7. The number of amides is 1. The fraction of sp³-hybridized carbons (Fsp3) is 0.207. The molecule has 0 aliphatic heterocycles. The molecule has 8 heteroatoms. The lowest BCUT2D eigenvalue weighted by atomic mass is 9.94. The lowest BCUT2D eigenvalue weighted by Gasteiger charge is -2.17. The standard InChI is InChI=1S/C29H26N6OS/c1-16(2)19-9-11-20(12-10-19)26-22(14-30)27(32)35-29(23(26)15-31)37-18(4)28(36)34-25-13-17(3)33-24-8-6-5-7-21(24)25/h5-13,16,18H,1-4H3,(H2,32,35)(H,33,34,36). The van der Waals surface area contributed by atoms with Gasteiger partial charge in [-0.2, -0.15) is 10.5 Å². The largest absolute Gasteiger partial charge is 0.383 e. The molecule has 0 bridgehead atoms. The predicted molar refractivity (Wildman–Crippen MR) is 148 cm³/mol. The van der Waals surface area contributed by atoms with E-state index in [-0.39, 0.29) is 22.9 Å². The van der Waals surface area contributed by atoms with Crippen LogP contribution >= 0.6 is 11.8 Å². The van der Waals surface area contributed by atoms with Crippen LogP contribution < -0.4 is 11.1 Å². The van der Waals surface area contributed by atoms with Gasteiger partial charge in [-0.15, -0.1) is 0 Å². The van der Waals surface area contributed by atoms with Crippen molar-refractivity contribution in [3.05, 3.63) is 77.0 Å². The molecule has 1 amide bonds. The average molecular weight is 507 g/mol. The van der Waals surface area contributed by atoms with Gasteiger partial charge in [0, 0.05) is 16.6 Å². The Morgan fingerprint density at radius 2 is 1.68 bits per heavy atom. The Labute approximate surface area is 220 Å². The normalized spacial score (nSPS) is 11.6. The van der Waals surface area contributed by atoms with Gasteiger partial charge in [-0.3, -0.25) is 9.78 Å². The number of nitrogens with two attached hydrogens (primary N) is 1. The number of para-hydroxylation sites is 1. The number of nitriles is 2. The predicted octanol–water partition coefficient (Wildman–Crippen LogP) is 6.17. The number of carbonyl (C=O) groups excluding carboxylic acids is 1. The quantitative estimate of drug-likeness (QED) is 0.299. The van der Waals surface area contributed by atoms with Crippen molar-refractivity contribution in [3.63, 3.8) is 0 Å². The molecule has 0 radical (unpaired) electrons. The van der Waals surface area contributed by atoms with Crippen molar-refractivity contribution < 1.29 is 4.79 Å². The number of thioether (sulfide) groups is 1. The first-order valence-electron chi connectivity index (χ1n) is 11.8. The van der Waals surface area contributed by atoms with Gasteiger partial charge in [0.15, 0.2) is 0 Å². The molecule has 3 N–H and O–H groups in total. The lowest BCUT2D eigenvalue weighted by Crippen LogP contribution is -2.23. The summed E-state index contributed by atoms with van der Waals surface area (Å²) in [6, 6.07) is 21.4. The molecule has 7 nitrogen and oxygen atoms in total. The van der Waals surface area contributed by atoms with Crippen LogP contribution in [0, 0.1) is 29.6 Å². The Kier molecular flexibility index (Phi) is 7.42. The molecule has 184 valence electrons. The summed E-state index contributed by atoms with van der Waals surface area (Å²) in [4.78, 5) is 22.1. The zero-order valence-electron chi connectivity index (χ0n) is 21.0. The first kappa shape index (κ1) is 25.7. The molecular weight excluding hydrogens is 480 g/mol. The number of aryl methyl sites for hydroxylation is 1. The Balaban J connectivity index is 1.69. The topological polar surface area (TPSA) is 128 Å². The maximum Gasteiger partial charge on any atom is 0.237 e. The molecule has 0 saturated heterocycles. The number of hydrogen-bond donors (Lipinski definition) is 2. The molecule has 2 aromatic carbocycles. The summed E-state index contributed by atoms with van der Waals surface area (Å²) in [5.74, 6) is 0.113. The minimum atomic E-state index is -0.602. The number of nitrogen functional groups attached to an aromatic ring is 1. The van der Waals surface area contributed by atoms with Crippen molar-refractivity contribution in [1.82, 2.24) is 9.97 Å². The van der Waals surface area contributed by atoms with E-state index in [0.29, 0.717) is 27.8 Å². The van der Waals surface area contributed by atoms with Crippen LogP contribution in [0.5, 0.6) is 0 Å². The highest BCUT2D eigenvalue weighted by atomic mass is 32.2. The van der Waals surface area contributed by atoms with Crippen LogP contribution in [0.4, 0.5) is 11.5 Å². The fourth-order valence-electron chi connectivity index (χ4n) is 4.07. The maximum atomic E-state index is 13.2. The molecule has 0 aliphatic rings. The van der Waals surface area contributed by atoms with Crippen molar-refractivity contribution in [2.24, 2.45) is 0 Å². The highest BCUT2D eigenvalue weighted by Crippen LogP contribution is 2.37. The third kappa shape index (κ3) is 5.25. The number of fused-ring (bicyclic) bond motifs is 1. The maximum absolute atomic E-state index is 13.2. The molecule has 4 aromatic rings. The second kappa shape index (κ2) is 10.7. The highest BCUT2D eigenvalue weighted by molar-refractivity contribution is 8.00. The summed E-state index contributed by atoms with van der Waals surface area (Å²) in [6.07, 6.45) is 0. The zero-order valence-corrected chi connectivity index (χ0v) is 21.9. The number of nitrogens with zero attached hydrogens (tertiary/aromatic N) is 4. The second-order valence-electron chi connectivity index (χ2n) is 9.01. The van der Waals surface area contributed by atoms with E-state index in [9.17, 15) is 15.3 Å². The summed E-state index contributed by atoms with van der Waals surface area (Å²) in [6.45, 7) is 7.80. The van der Waals surface area contributed by atoms with Crippen LogP contribution in [0.3, 0.4) is 0 Å². The van der Waals surface area contributed by atoms with Crippen molar-refractivity contribution in [1.29, 1.82) is 10.5 Å². The van der Waals surface area contributed by atoms with E-state index in [1.54, 1.807) is 6.92 Å². The van der Waals surface area contributed by atoms with E-state index in [0.717, 1.165) is 33.9 Å². The number of anilines is 2. The number of benzene rings is 2. The Morgan fingerprint density at radius 1 is 1.00 bits per heavy atom. The van der Waals surface area contributed by atoms with E-state index < -0.39 is 5.25 Å². The van der Waals surface area contributed by atoms with Gasteiger partial charge in [0.05, 0.1) is 22.0 Å². The summed E-state index contributed by atoms with van der Waals surface area (Å²) in [5, 5.41) is 23.4. The minimum Gasteiger partial charge on any atom is -0.383 e. The van der Waals surface area contributed by atoms with Crippen LogP contribution in [0.25, 0.3) is 22.0 Å². The van der Waals surface area contributed by atoms with E-state index in [1.165, 1.54) is 0 Å². The molecule has 0 spiro atoms. The van der Waals surface area contributed by atoms with E-state index in [1.807, 2.05) is 61.5 Å². The molecule has 2 aromatic heterocycles. The van der Waals surface area contributed by atoms with Gasteiger partial charge in [-0.25, -0.2) is 4.98 Å². The minimum absolute atomic E-state index is 0.0234. The van der Waals surface area contributed by atoms with Gasteiger partial charge in [0.1, 0.15) is 28.5 Å². The van der Waals surface area contributed by atoms with Crippen LogP contribution in [-0.4, -0.2) is 21.1 Å². The number of nitrogens with one attached hydrogen (secondary N) is 1. The van der Waals surface area contributed by atoms with Gasteiger partial charge in [-0.1, -0.05) is 68.1 Å². The number of aromatic nitrogens is 2. The first-order chi connectivity index (χ1) is 17.7. The van der Waals surface area contributed by atoms with Crippen LogP contribution in [0.15, 0.2) is 59.6 Å². The number of hydrogen-bond acceptors (Lipinski definition) is 7. The monoisotopic (exact) mass is 506 g/mol. The van der Waals surface area contributed by atoms with Crippen molar-refractivity contribution in [2.45, 2.75) is 43.9 Å². The summed E-state index contributed by atoms with van der Waals surface area (Å²) in [5.41, 5.74) is 11.0. The van der Waals surface area contributed by atoms with E-state index in [2.05, 4.69) is 41.3 Å². The highest BCUT2D eigenvalue weighted by Gasteiger charge is 2.24. The Morgan fingerprint density at radius 3 is 2.32 bits per heavy atom. The fourth-order valence-corrected chi connectivity index (χ4v) is 4.99. The molecule has 0 fully saturated rings. The van der Waals surface area contributed by atoms with Gasteiger partial charge in [-0.05, 0) is 43.0 Å². The molecule has 0 aliphatic carbocycles. The summed E-state index contributed by atoms with van der Waals surface area (Å²) in [7, 11) is 0. The molecule has 1 unspecified atom stereocenters. The molecule has 1 atom stereocenters. The van der Waals surface area contributed by atoms with Crippen LogP contribution in [-0.2, 0) is 4.79 Å². The van der Waals surface area contributed by atoms with Gasteiger partial charge in [0.2, 0.25) is 5.91 Å². The number of pyridine rings is 2. The summed E-state index contributed by atoms with van der Waals surface area (Å²) < 4.78 is 0. The number of rotatable bonds is 6. The van der Waals surface area contributed by atoms with Gasteiger partial charge in [0.25, 0.3) is 0 Å². The average Bonchev–Trinajstić information content (AvgIpc) is 2.88. The first-order valence-corrected chi connectivity index (χ1v) is 12.7. The Hall–Kier alpha value is -4.40. The van der Waals surface area contributed by atoms with Crippen molar-refractivity contribution >= 4 is 40.1 Å². The SMILES string of the molecule is Cc1cc(NC(=O)C(C)Sc2nc(N)c(C#N)c(-c3ccc(C(C)C)cc3)c2C#N)c2ccccc2n1. The third-order valence-corrected chi connectivity index (χ3v) is 7.13. The third-order valence-electron chi connectivity index (χ3n) is 6.04. The molecule has 4 rings (SSSR count). The Bertz CT molecular complexity index is 1580. The smallest absolute Gasteiger partial charge is 0.237 e. The van der Waals surface area contributed by atoms with E-state index >= 15 is 0 Å². The second-order valence-corrected chi connectivity index (χ2v) is 10.3. The molecular formula is C29H26N6OS. The van der Waals surface area contributed by atoms with Crippen molar-refractivity contribution in [3.8, 4) is 23.3 Å². The molecule has 37 heavy (non-hydrogen) atoms. The van der Waals surface area contributed by atoms with Crippen molar-refractivity contribution in [2.75, 3.05) is 11.1 Å². The van der Waals surface area contributed by atoms with Crippen LogP contribution in [0.1, 0.15) is 49.1 Å². The summed E-state index contributed by atoms with van der Waals surface area (Å²) >= 11 is 1.13.